The van der Waals surface area contributed by atoms with Gasteiger partial charge in [0.05, 0.1) is 24.3 Å². The second kappa shape index (κ2) is 12.9. The van der Waals surface area contributed by atoms with Crippen LogP contribution < -0.4 is 20.4 Å². The number of unbranched alkanes of at least 4 members (excludes halogenated alkanes) is 1. The molecule has 0 aliphatic rings. The van der Waals surface area contributed by atoms with E-state index in [1.807, 2.05) is 38.1 Å². The van der Waals surface area contributed by atoms with E-state index in [-0.39, 0.29) is 18.1 Å². The van der Waals surface area contributed by atoms with Gasteiger partial charge in [0.25, 0.3) is 11.6 Å². The molecule has 2 rings (SSSR count). The van der Waals surface area contributed by atoms with Gasteiger partial charge in [-0.1, -0.05) is 13.3 Å². The molecule has 0 radical (unpaired) electrons. The van der Waals surface area contributed by atoms with Crippen LogP contribution in [0.1, 0.15) is 39.2 Å². The van der Waals surface area contributed by atoms with Gasteiger partial charge in [-0.3, -0.25) is 14.9 Å². The molecule has 9 nitrogen and oxygen atoms in total. The largest absolute Gasteiger partial charge is 0.494 e. The maximum atomic E-state index is 12.1. The first-order chi connectivity index (χ1) is 15.5. The Morgan fingerprint density at radius 3 is 2.56 bits per heavy atom. The minimum absolute atomic E-state index is 0.0229. The van der Waals surface area contributed by atoms with E-state index >= 15 is 0 Å². The van der Waals surface area contributed by atoms with Gasteiger partial charge >= 0.3 is 0 Å². The highest BCUT2D eigenvalue weighted by Crippen LogP contribution is 2.24. The number of nitro groups is 1. The third-order valence-corrected chi connectivity index (χ3v) is 4.74. The van der Waals surface area contributed by atoms with E-state index in [1.54, 1.807) is 6.07 Å². The van der Waals surface area contributed by atoms with Crippen molar-refractivity contribution in [2.24, 2.45) is 5.10 Å². The van der Waals surface area contributed by atoms with Crippen LogP contribution >= 0.6 is 0 Å². The molecule has 0 heterocycles. The molecule has 32 heavy (non-hydrogen) atoms. The summed E-state index contributed by atoms with van der Waals surface area (Å²) >= 11 is 0. The molecule has 0 spiro atoms. The summed E-state index contributed by atoms with van der Waals surface area (Å²) in [7, 11) is 0. The Balaban J connectivity index is 2.02. The number of ether oxygens (including phenoxy) is 1. The number of anilines is 2. The molecule has 2 aromatic rings. The second-order valence-corrected chi connectivity index (χ2v) is 7.04. The van der Waals surface area contributed by atoms with Gasteiger partial charge in [0, 0.05) is 42.2 Å². The van der Waals surface area contributed by atoms with E-state index in [0.717, 1.165) is 43.1 Å². The third-order valence-electron chi connectivity index (χ3n) is 4.74. The molecule has 0 aromatic heterocycles. The first kappa shape index (κ1) is 24.6. The van der Waals surface area contributed by atoms with E-state index in [0.29, 0.717) is 12.2 Å². The SMILES string of the molecule is CCCCN(CC)c1ccc([N+](=O)[O-])cc1/C=N/NC(=O)CNc1ccc(OCC)cc1. The van der Waals surface area contributed by atoms with Crippen molar-refractivity contribution in [3.8, 4) is 5.75 Å². The average Bonchev–Trinajstić information content (AvgIpc) is 2.79. The monoisotopic (exact) mass is 441 g/mol. The van der Waals surface area contributed by atoms with E-state index < -0.39 is 4.92 Å². The minimum Gasteiger partial charge on any atom is -0.494 e. The van der Waals surface area contributed by atoms with Crippen molar-refractivity contribution in [3.05, 3.63) is 58.1 Å². The van der Waals surface area contributed by atoms with E-state index in [1.165, 1.54) is 18.3 Å². The Morgan fingerprint density at radius 1 is 1.19 bits per heavy atom. The number of rotatable bonds is 13. The number of non-ortho nitro benzene ring substituents is 1. The number of carbonyl (C=O) groups is 1. The number of hydrogen-bond donors (Lipinski definition) is 2. The van der Waals surface area contributed by atoms with Crippen molar-refractivity contribution in [2.75, 3.05) is 36.5 Å². The lowest BCUT2D eigenvalue weighted by molar-refractivity contribution is -0.384. The van der Waals surface area contributed by atoms with Gasteiger partial charge in [-0.2, -0.15) is 5.10 Å². The number of nitrogens with one attached hydrogen (secondary N) is 2. The lowest BCUT2D eigenvalue weighted by Crippen LogP contribution is -2.26. The molecule has 2 aromatic carbocycles. The topological polar surface area (TPSA) is 109 Å². The molecule has 0 saturated carbocycles. The number of carbonyl (C=O) groups excluding carboxylic acids is 1. The highest BCUT2D eigenvalue weighted by Gasteiger charge is 2.14. The number of benzene rings is 2. The predicted octanol–water partition coefficient (Wildman–Crippen LogP) is 4.18. The number of amides is 1. The fourth-order valence-electron chi connectivity index (χ4n) is 3.08. The van der Waals surface area contributed by atoms with Crippen molar-refractivity contribution in [1.29, 1.82) is 0 Å². The molecule has 9 heteroatoms. The predicted molar refractivity (Wildman–Crippen MR) is 128 cm³/mol. The smallest absolute Gasteiger partial charge is 0.270 e. The second-order valence-electron chi connectivity index (χ2n) is 7.04. The zero-order valence-corrected chi connectivity index (χ0v) is 18.8. The lowest BCUT2D eigenvalue weighted by Gasteiger charge is -2.24. The molecular weight excluding hydrogens is 410 g/mol. The molecule has 0 atom stereocenters. The van der Waals surface area contributed by atoms with Crippen LogP contribution in [-0.4, -0.2) is 43.3 Å². The first-order valence-electron chi connectivity index (χ1n) is 10.8. The van der Waals surface area contributed by atoms with E-state index in [9.17, 15) is 14.9 Å². The van der Waals surface area contributed by atoms with Gasteiger partial charge in [-0.25, -0.2) is 5.43 Å². The molecular formula is C23H31N5O4. The molecule has 0 fully saturated rings. The van der Waals surface area contributed by atoms with E-state index in [4.69, 9.17) is 4.74 Å². The van der Waals surface area contributed by atoms with Crippen molar-refractivity contribution < 1.29 is 14.5 Å². The minimum atomic E-state index is -0.442. The van der Waals surface area contributed by atoms with Crippen molar-refractivity contribution in [2.45, 2.75) is 33.6 Å². The quantitative estimate of drug-likeness (QED) is 0.274. The summed E-state index contributed by atoms with van der Waals surface area (Å²) in [5.74, 6) is 0.431. The maximum absolute atomic E-state index is 12.1. The fraction of sp³-hybridized carbons (Fsp3) is 0.391. The third kappa shape index (κ3) is 7.57. The molecule has 172 valence electrons. The van der Waals surface area contributed by atoms with Gasteiger partial charge in [0.15, 0.2) is 0 Å². The highest BCUT2D eigenvalue weighted by atomic mass is 16.6. The number of nitrogens with zero attached hydrogens (tertiary/aromatic N) is 3. The van der Waals surface area contributed by atoms with Crippen LogP contribution in [0.15, 0.2) is 47.6 Å². The highest BCUT2D eigenvalue weighted by molar-refractivity contribution is 5.90. The maximum Gasteiger partial charge on any atom is 0.270 e. The van der Waals surface area contributed by atoms with Crippen LogP contribution in [0.4, 0.5) is 17.1 Å². The molecule has 0 aliphatic carbocycles. The summed E-state index contributed by atoms with van der Waals surface area (Å²) < 4.78 is 5.39. The fourth-order valence-corrected chi connectivity index (χ4v) is 3.08. The molecule has 0 aliphatic heterocycles. The summed E-state index contributed by atoms with van der Waals surface area (Å²) in [4.78, 5) is 25.0. The normalized spacial score (nSPS) is 10.7. The van der Waals surface area contributed by atoms with Crippen LogP contribution in [0.25, 0.3) is 0 Å². The summed E-state index contributed by atoms with van der Waals surface area (Å²) in [6.45, 7) is 8.29. The van der Waals surface area contributed by atoms with Gasteiger partial charge in [-0.15, -0.1) is 0 Å². The standard InChI is InChI=1S/C23H31N5O4/c1-4-7-14-27(5-2)22-13-10-20(28(30)31)15-18(22)16-25-26-23(29)17-24-19-8-11-21(12-9-19)32-6-3/h8-13,15-16,24H,4-7,14,17H2,1-3H3,(H,26,29)/b25-16+. The summed E-state index contributed by atoms with van der Waals surface area (Å²) in [6.07, 6.45) is 3.51. The van der Waals surface area contributed by atoms with Crippen molar-refractivity contribution in [1.82, 2.24) is 5.43 Å². The van der Waals surface area contributed by atoms with E-state index in [2.05, 4.69) is 27.7 Å². The van der Waals surface area contributed by atoms with Crippen LogP contribution in [0.5, 0.6) is 5.75 Å². The Labute approximate surface area is 188 Å². The van der Waals surface area contributed by atoms with Crippen LogP contribution in [0.2, 0.25) is 0 Å². The number of hydrogen-bond acceptors (Lipinski definition) is 7. The van der Waals surface area contributed by atoms with Crippen LogP contribution in [-0.2, 0) is 4.79 Å². The Kier molecular flexibility index (Phi) is 9.96. The first-order valence-corrected chi connectivity index (χ1v) is 10.8. The van der Waals surface area contributed by atoms with Gasteiger partial charge in [0.2, 0.25) is 0 Å². The lowest BCUT2D eigenvalue weighted by atomic mass is 10.1. The van der Waals surface area contributed by atoms with Crippen molar-refractivity contribution >= 4 is 29.2 Å². The van der Waals surface area contributed by atoms with Crippen molar-refractivity contribution in [3.63, 3.8) is 0 Å². The molecule has 0 saturated heterocycles. The summed E-state index contributed by atoms with van der Waals surface area (Å²) in [5, 5.41) is 18.2. The Hall–Kier alpha value is -3.62. The van der Waals surface area contributed by atoms with Crippen LogP contribution in [0.3, 0.4) is 0 Å². The van der Waals surface area contributed by atoms with Crippen LogP contribution in [0, 0.1) is 10.1 Å². The summed E-state index contributed by atoms with van der Waals surface area (Å²) in [5.41, 5.74) is 4.65. The van der Waals surface area contributed by atoms with Gasteiger partial charge < -0.3 is 15.0 Å². The Bertz CT molecular complexity index is 915. The Morgan fingerprint density at radius 2 is 1.94 bits per heavy atom. The molecule has 2 N–H and O–H groups in total. The molecule has 0 unspecified atom stereocenters. The van der Waals surface area contributed by atoms with Gasteiger partial charge in [-0.05, 0) is 50.6 Å². The zero-order chi connectivity index (χ0) is 23.3. The number of nitro benzene ring substituents is 1. The zero-order valence-electron chi connectivity index (χ0n) is 18.8. The average molecular weight is 442 g/mol. The molecule has 1 amide bonds. The number of hydrazone groups is 1. The summed E-state index contributed by atoms with van der Waals surface area (Å²) in [6, 6.07) is 12.0. The molecule has 0 bridgehead atoms. The van der Waals surface area contributed by atoms with Gasteiger partial charge in [0.1, 0.15) is 5.75 Å².